The molecule has 26 heavy (non-hydrogen) atoms. The molecule has 0 spiro atoms. The molecular weight excluding hydrogens is 369 g/mol. The number of fused-ring (bicyclic) bond motifs is 1. The number of para-hydroxylation sites is 2. The molecular formula is C20H11Cl2N3O. The summed E-state index contributed by atoms with van der Waals surface area (Å²) in [5.41, 5.74) is 2.87. The van der Waals surface area contributed by atoms with Crippen molar-refractivity contribution in [3.63, 3.8) is 0 Å². The number of halogens is 2. The van der Waals surface area contributed by atoms with Gasteiger partial charge in [-0.25, -0.2) is 4.98 Å². The molecule has 0 saturated carbocycles. The van der Waals surface area contributed by atoms with Gasteiger partial charge in [0.15, 0.2) is 0 Å². The van der Waals surface area contributed by atoms with Gasteiger partial charge in [0.1, 0.15) is 23.4 Å². The average Bonchev–Trinajstić information content (AvgIpc) is 3.28. The lowest BCUT2D eigenvalue weighted by molar-refractivity contribution is 0.572. The van der Waals surface area contributed by atoms with Gasteiger partial charge in [0.2, 0.25) is 0 Å². The molecule has 0 aliphatic heterocycles. The van der Waals surface area contributed by atoms with Gasteiger partial charge in [0.05, 0.1) is 26.7 Å². The van der Waals surface area contributed by atoms with Gasteiger partial charge in [-0.3, -0.25) is 0 Å². The Hall–Kier alpha value is -3.00. The number of allylic oxidation sites excluding steroid dienone is 1. The first-order valence-corrected chi connectivity index (χ1v) is 8.52. The lowest BCUT2D eigenvalue weighted by Crippen LogP contribution is -1.84. The number of imidazole rings is 1. The Labute approximate surface area is 159 Å². The Balaban J connectivity index is 1.69. The number of hydrogen-bond donors (Lipinski definition) is 1. The van der Waals surface area contributed by atoms with E-state index in [2.05, 4.69) is 16.0 Å². The molecule has 2 aromatic heterocycles. The van der Waals surface area contributed by atoms with Crippen LogP contribution in [0, 0.1) is 11.3 Å². The summed E-state index contributed by atoms with van der Waals surface area (Å²) in [6.07, 6.45) is 1.65. The molecule has 6 heteroatoms. The highest BCUT2D eigenvalue weighted by molar-refractivity contribution is 6.42. The predicted molar refractivity (Wildman–Crippen MR) is 104 cm³/mol. The van der Waals surface area contributed by atoms with Gasteiger partial charge in [-0.15, -0.1) is 0 Å². The van der Waals surface area contributed by atoms with Crippen LogP contribution in [0.3, 0.4) is 0 Å². The van der Waals surface area contributed by atoms with E-state index in [4.69, 9.17) is 27.6 Å². The largest absolute Gasteiger partial charge is 0.457 e. The highest BCUT2D eigenvalue weighted by Crippen LogP contribution is 2.30. The summed E-state index contributed by atoms with van der Waals surface area (Å²) in [7, 11) is 0. The maximum absolute atomic E-state index is 9.50. The van der Waals surface area contributed by atoms with Gasteiger partial charge in [0, 0.05) is 11.6 Å². The zero-order valence-corrected chi connectivity index (χ0v) is 14.8. The van der Waals surface area contributed by atoms with Crippen LogP contribution < -0.4 is 0 Å². The molecule has 0 fully saturated rings. The van der Waals surface area contributed by atoms with Crippen LogP contribution >= 0.6 is 23.2 Å². The van der Waals surface area contributed by atoms with Gasteiger partial charge >= 0.3 is 0 Å². The van der Waals surface area contributed by atoms with E-state index in [0.717, 1.165) is 16.6 Å². The molecule has 2 heterocycles. The van der Waals surface area contributed by atoms with Crippen LogP contribution in [0.2, 0.25) is 10.0 Å². The minimum atomic E-state index is 0.385. The van der Waals surface area contributed by atoms with Crippen molar-refractivity contribution in [2.45, 2.75) is 0 Å². The van der Waals surface area contributed by atoms with E-state index in [-0.39, 0.29) is 0 Å². The lowest BCUT2D eigenvalue weighted by Gasteiger charge is -1.99. The van der Waals surface area contributed by atoms with Gasteiger partial charge in [-0.1, -0.05) is 35.3 Å². The molecule has 2 aromatic carbocycles. The summed E-state index contributed by atoms with van der Waals surface area (Å²) in [5.74, 6) is 1.68. The van der Waals surface area contributed by atoms with Crippen molar-refractivity contribution < 1.29 is 4.42 Å². The van der Waals surface area contributed by atoms with E-state index >= 15 is 0 Å². The van der Waals surface area contributed by atoms with Gasteiger partial charge < -0.3 is 9.40 Å². The van der Waals surface area contributed by atoms with E-state index in [0.29, 0.717) is 33.0 Å². The molecule has 0 aliphatic carbocycles. The molecule has 0 bridgehead atoms. The third-order valence-corrected chi connectivity index (χ3v) is 4.62. The first-order chi connectivity index (χ1) is 12.6. The first-order valence-electron chi connectivity index (χ1n) is 7.76. The highest BCUT2D eigenvalue weighted by Gasteiger charge is 2.10. The number of aromatic nitrogens is 2. The van der Waals surface area contributed by atoms with Gasteiger partial charge in [-0.05, 0) is 42.5 Å². The number of nitrogens with zero attached hydrogens (tertiary/aromatic N) is 2. The van der Waals surface area contributed by atoms with Crippen molar-refractivity contribution in [3.8, 4) is 17.4 Å². The zero-order valence-electron chi connectivity index (χ0n) is 13.3. The molecule has 0 unspecified atom stereocenters. The SMILES string of the molecule is N#C/C(=C\c1ccc(-c2ccc(Cl)c(Cl)c2)o1)c1nc2ccccc2[nH]1. The molecule has 4 nitrogen and oxygen atoms in total. The maximum atomic E-state index is 9.50. The Kier molecular flexibility index (Phi) is 4.26. The summed E-state index contributed by atoms with van der Waals surface area (Å²) in [6, 6.07) is 18.7. The number of nitrogens with one attached hydrogen (secondary N) is 1. The van der Waals surface area contributed by atoms with Crippen LogP contribution in [0.1, 0.15) is 11.6 Å². The quantitative estimate of drug-likeness (QED) is 0.431. The smallest absolute Gasteiger partial charge is 0.149 e. The zero-order chi connectivity index (χ0) is 18.1. The van der Waals surface area contributed by atoms with Crippen LogP contribution in [-0.2, 0) is 0 Å². The fourth-order valence-electron chi connectivity index (χ4n) is 2.61. The first kappa shape index (κ1) is 16.5. The van der Waals surface area contributed by atoms with Crippen molar-refractivity contribution in [1.29, 1.82) is 5.26 Å². The monoisotopic (exact) mass is 379 g/mol. The van der Waals surface area contributed by atoms with E-state index < -0.39 is 0 Å². The predicted octanol–water partition coefficient (Wildman–Crippen LogP) is 6.19. The van der Waals surface area contributed by atoms with E-state index in [1.807, 2.05) is 36.4 Å². The number of furan rings is 1. The number of rotatable bonds is 3. The third-order valence-electron chi connectivity index (χ3n) is 3.88. The molecule has 4 aromatic rings. The second-order valence-corrected chi connectivity index (χ2v) is 6.42. The fourth-order valence-corrected chi connectivity index (χ4v) is 2.91. The lowest BCUT2D eigenvalue weighted by atomic mass is 10.2. The van der Waals surface area contributed by atoms with E-state index in [1.54, 1.807) is 24.3 Å². The second-order valence-electron chi connectivity index (χ2n) is 5.60. The number of aromatic amines is 1. The molecule has 4 rings (SSSR count). The van der Waals surface area contributed by atoms with Crippen molar-refractivity contribution in [3.05, 3.63) is 76.2 Å². The van der Waals surface area contributed by atoms with Crippen molar-refractivity contribution >= 4 is 45.9 Å². The molecule has 0 saturated heterocycles. The number of hydrogen-bond acceptors (Lipinski definition) is 3. The van der Waals surface area contributed by atoms with Crippen LogP contribution in [-0.4, -0.2) is 9.97 Å². The van der Waals surface area contributed by atoms with Crippen molar-refractivity contribution in [2.75, 3.05) is 0 Å². The minimum Gasteiger partial charge on any atom is -0.457 e. The molecule has 1 N–H and O–H groups in total. The Morgan fingerprint density at radius 3 is 2.69 bits per heavy atom. The fraction of sp³-hybridized carbons (Fsp3) is 0. The van der Waals surface area contributed by atoms with Crippen molar-refractivity contribution in [1.82, 2.24) is 9.97 Å². The molecule has 126 valence electrons. The average molecular weight is 380 g/mol. The normalized spacial score (nSPS) is 11.7. The molecule has 0 amide bonds. The van der Waals surface area contributed by atoms with Gasteiger partial charge in [0.25, 0.3) is 0 Å². The summed E-state index contributed by atoms with van der Waals surface area (Å²) in [4.78, 5) is 7.59. The molecule has 0 radical (unpaired) electrons. The van der Waals surface area contributed by atoms with Crippen LogP contribution in [0.5, 0.6) is 0 Å². The summed E-state index contributed by atoms with van der Waals surface area (Å²) in [6.45, 7) is 0. The van der Waals surface area contributed by atoms with Crippen LogP contribution in [0.15, 0.2) is 59.0 Å². The van der Waals surface area contributed by atoms with Gasteiger partial charge in [-0.2, -0.15) is 5.26 Å². The summed E-state index contributed by atoms with van der Waals surface area (Å²) >= 11 is 12.0. The van der Waals surface area contributed by atoms with Crippen LogP contribution in [0.25, 0.3) is 34.0 Å². The molecule has 0 aliphatic rings. The Morgan fingerprint density at radius 2 is 1.92 bits per heavy atom. The van der Waals surface area contributed by atoms with E-state index in [1.165, 1.54) is 0 Å². The number of H-pyrrole nitrogens is 1. The number of benzene rings is 2. The highest BCUT2D eigenvalue weighted by atomic mass is 35.5. The topological polar surface area (TPSA) is 65.6 Å². The van der Waals surface area contributed by atoms with Crippen molar-refractivity contribution in [2.24, 2.45) is 0 Å². The Morgan fingerprint density at radius 1 is 1.08 bits per heavy atom. The Bertz CT molecular complexity index is 1150. The minimum absolute atomic E-state index is 0.385. The van der Waals surface area contributed by atoms with Crippen LogP contribution in [0.4, 0.5) is 0 Å². The number of nitriles is 1. The molecule has 0 atom stereocenters. The summed E-state index contributed by atoms with van der Waals surface area (Å²) in [5, 5.41) is 10.4. The summed E-state index contributed by atoms with van der Waals surface area (Å²) < 4.78 is 5.82. The maximum Gasteiger partial charge on any atom is 0.149 e. The second kappa shape index (κ2) is 6.72. The standard InChI is InChI=1S/C20H11Cl2N3O/c21-15-7-5-12(10-16(15)22)19-8-6-14(26-19)9-13(11-23)20-24-17-3-1-2-4-18(17)25-20/h1-10H,(H,24,25)/b13-9+. The third kappa shape index (κ3) is 3.11. The van der Waals surface area contributed by atoms with E-state index in [9.17, 15) is 5.26 Å².